The molecule has 0 unspecified atom stereocenters. The van der Waals surface area contributed by atoms with Crippen molar-refractivity contribution in [2.24, 2.45) is 5.92 Å². The first-order valence-electron chi connectivity index (χ1n) is 8.75. The van der Waals surface area contributed by atoms with E-state index < -0.39 is 12.0 Å². The van der Waals surface area contributed by atoms with Crippen molar-refractivity contribution in [3.8, 4) is 5.75 Å². The summed E-state index contributed by atoms with van der Waals surface area (Å²) in [5.41, 5.74) is 1.19. The Morgan fingerprint density at radius 3 is 2.44 bits per heavy atom. The van der Waals surface area contributed by atoms with E-state index in [1.165, 1.54) is 19.2 Å². The van der Waals surface area contributed by atoms with Gasteiger partial charge in [-0.25, -0.2) is 9.18 Å². The van der Waals surface area contributed by atoms with Crippen molar-refractivity contribution in [3.05, 3.63) is 65.5 Å². The first-order valence-corrected chi connectivity index (χ1v) is 8.75. The molecule has 0 saturated carbocycles. The van der Waals surface area contributed by atoms with Crippen LogP contribution in [0.5, 0.6) is 5.75 Å². The molecule has 2 rings (SSSR count). The van der Waals surface area contributed by atoms with Crippen molar-refractivity contribution in [2.45, 2.75) is 32.9 Å². The lowest BCUT2D eigenvalue weighted by Gasteiger charge is -2.18. The van der Waals surface area contributed by atoms with Gasteiger partial charge in [0.15, 0.2) is 0 Å². The number of ether oxygens (including phenoxy) is 2. The van der Waals surface area contributed by atoms with E-state index in [0.29, 0.717) is 17.7 Å². The Hall–Kier alpha value is -2.89. The zero-order valence-corrected chi connectivity index (χ0v) is 15.7. The highest BCUT2D eigenvalue weighted by Gasteiger charge is 2.23. The average Bonchev–Trinajstić information content (AvgIpc) is 2.66. The van der Waals surface area contributed by atoms with Crippen molar-refractivity contribution in [1.82, 2.24) is 5.32 Å². The fourth-order valence-corrected chi connectivity index (χ4v) is 2.54. The molecular formula is C21H24FNO4. The Kier molecular flexibility index (Phi) is 7.34. The van der Waals surface area contributed by atoms with Gasteiger partial charge in [-0.1, -0.05) is 32.0 Å². The number of benzene rings is 2. The summed E-state index contributed by atoms with van der Waals surface area (Å²) >= 11 is 0. The Morgan fingerprint density at radius 2 is 1.81 bits per heavy atom. The van der Waals surface area contributed by atoms with Gasteiger partial charge in [-0.3, -0.25) is 4.79 Å². The van der Waals surface area contributed by atoms with Gasteiger partial charge in [-0.2, -0.15) is 0 Å². The number of rotatable bonds is 8. The second-order valence-electron chi connectivity index (χ2n) is 6.62. The Balaban J connectivity index is 2.02. The van der Waals surface area contributed by atoms with Gasteiger partial charge in [0.2, 0.25) is 0 Å². The predicted octanol–water partition coefficient (Wildman–Crippen LogP) is 3.72. The number of hydrogen-bond acceptors (Lipinski definition) is 4. The molecule has 27 heavy (non-hydrogen) atoms. The summed E-state index contributed by atoms with van der Waals surface area (Å²) in [6, 6.07) is 12.0. The first-order chi connectivity index (χ1) is 12.9. The number of nitrogens with one attached hydrogen (secondary N) is 1. The van der Waals surface area contributed by atoms with E-state index >= 15 is 0 Å². The predicted molar refractivity (Wildman–Crippen MR) is 99.9 cm³/mol. The molecule has 0 radical (unpaired) electrons. The molecule has 1 N–H and O–H groups in total. The molecule has 0 aliphatic rings. The van der Waals surface area contributed by atoms with Gasteiger partial charge in [0, 0.05) is 5.56 Å². The summed E-state index contributed by atoms with van der Waals surface area (Å²) in [6.07, 6.45) is 0.485. The Morgan fingerprint density at radius 1 is 1.11 bits per heavy atom. The number of hydrogen-bond donors (Lipinski definition) is 1. The minimum atomic E-state index is -0.703. The summed E-state index contributed by atoms with van der Waals surface area (Å²) in [5, 5.41) is 2.71. The van der Waals surface area contributed by atoms with Gasteiger partial charge in [0.1, 0.15) is 24.2 Å². The second kappa shape index (κ2) is 9.71. The van der Waals surface area contributed by atoms with Crippen LogP contribution in [0.4, 0.5) is 4.39 Å². The SMILES string of the molecule is COC(=O)[C@@H](CC(C)C)NC(=O)c1cccc(OCc2ccc(F)cc2)c1. The molecule has 1 amide bonds. The summed E-state index contributed by atoms with van der Waals surface area (Å²) in [5.74, 6) is -0.428. The number of methoxy groups -OCH3 is 1. The largest absolute Gasteiger partial charge is 0.489 e. The molecule has 0 aliphatic heterocycles. The highest BCUT2D eigenvalue weighted by atomic mass is 19.1. The minimum Gasteiger partial charge on any atom is -0.489 e. The van der Waals surface area contributed by atoms with E-state index in [0.717, 1.165) is 5.56 Å². The van der Waals surface area contributed by atoms with E-state index in [9.17, 15) is 14.0 Å². The van der Waals surface area contributed by atoms with Crippen molar-refractivity contribution in [2.75, 3.05) is 7.11 Å². The van der Waals surface area contributed by atoms with Gasteiger partial charge in [0.05, 0.1) is 7.11 Å². The lowest BCUT2D eigenvalue weighted by Crippen LogP contribution is -2.42. The molecule has 144 valence electrons. The van der Waals surface area contributed by atoms with E-state index in [4.69, 9.17) is 9.47 Å². The first kappa shape index (κ1) is 20.4. The number of esters is 1. The smallest absolute Gasteiger partial charge is 0.328 e. The quantitative estimate of drug-likeness (QED) is 0.716. The van der Waals surface area contributed by atoms with Gasteiger partial charge in [-0.05, 0) is 48.2 Å². The van der Waals surface area contributed by atoms with E-state index in [2.05, 4.69) is 5.32 Å². The number of amides is 1. The molecular weight excluding hydrogens is 349 g/mol. The summed E-state index contributed by atoms with van der Waals surface area (Å²) in [4.78, 5) is 24.4. The molecule has 0 spiro atoms. The fourth-order valence-electron chi connectivity index (χ4n) is 2.54. The minimum absolute atomic E-state index is 0.222. The fraction of sp³-hybridized carbons (Fsp3) is 0.333. The summed E-state index contributed by atoms with van der Waals surface area (Å²) in [7, 11) is 1.30. The second-order valence-corrected chi connectivity index (χ2v) is 6.62. The molecule has 0 heterocycles. The maximum Gasteiger partial charge on any atom is 0.328 e. The third-order valence-corrected chi connectivity index (χ3v) is 3.91. The summed E-state index contributed by atoms with van der Waals surface area (Å²) in [6.45, 7) is 4.18. The van der Waals surface area contributed by atoms with Crippen LogP contribution in [-0.2, 0) is 16.1 Å². The Bertz CT molecular complexity index is 774. The molecule has 0 bridgehead atoms. The highest BCUT2D eigenvalue weighted by Crippen LogP contribution is 2.16. The third-order valence-electron chi connectivity index (χ3n) is 3.91. The molecule has 0 saturated heterocycles. The Labute approximate surface area is 158 Å². The van der Waals surface area contributed by atoms with Crippen molar-refractivity contribution < 1.29 is 23.5 Å². The average molecular weight is 373 g/mol. The molecule has 2 aromatic rings. The van der Waals surface area contributed by atoms with Gasteiger partial charge in [-0.15, -0.1) is 0 Å². The number of halogens is 1. The molecule has 0 aromatic heterocycles. The van der Waals surface area contributed by atoms with Crippen molar-refractivity contribution in [3.63, 3.8) is 0 Å². The van der Waals surface area contributed by atoms with Crippen LogP contribution in [0.25, 0.3) is 0 Å². The molecule has 1 atom stereocenters. The molecule has 0 fully saturated rings. The molecule has 6 heteroatoms. The normalized spacial score (nSPS) is 11.7. The maximum atomic E-state index is 12.9. The van der Waals surface area contributed by atoms with E-state index in [-0.39, 0.29) is 24.2 Å². The molecule has 0 aliphatic carbocycles. The van der Waals surface area contributed by atoms with Crippen molar-refractivity contribution in [1.29, 1.82) is 0 Å². The van der Waals surface area contributed by atoms with Crippen LogP contribution >= 0.6 is 0 Å². The van der Waals surface area contributed by atoms with Crippen LogP contribution < -0.4 is 10.1 Å². The van der Waals surface area contributed by atoms with Crippen LogP contribution in [0.1, 0.15) is 36.2 Å². The van der Waals surface area contributed by atoms with E-state index in [1.807, 2.05) is 13.8 Å². The monoisotopic (exact) mass is 373 g/mol. The zero-order valence-electron chi connectivity index (χ0n) is 15.7. The highest BCUT2D eigenvalue weighted by molar-refractivity contribution is 5.97. The van der Waals surface area contributed by atoms with Gasteiger partial charge >= 0.3 is 5.97 Å². The molecule has 5 nitrogen and oxygen atoms in total. The number of carbonyl (C=O) groups is 2. The van der Waals surface area contributed by atoms with Crippen LogP contribution in [-0.4, -0.2) is 25.0 Å². The summed E-state index contributed by atoms with van der Waals surface area (Å²) < 4.78 is 23.4. The van der Waals surface area contributed by atoms with Gasteiger partial charge in [0.25, 0.3) is 5.91 Å². The molecule has 2 aromatic carbocycles. The van der Waals surface area contributed by atoms with Gasteiger partial charge < -0.3 is 14.8 Å². The lowest BCUT2D eigenvalue weighted by molar-refractivity contribution is -0.143. The third kappa shape index (κ3) is 6.40. The van der Waals surface area contributed by atoms with E-state index in [1.54, 1.807) is 36.4 Å². The zero-order chi connectivity index (χ0) is 19.8. The number of carbonyl (C=O) groups excluding carboxylic acids is 2. The van der Waals surface area contributed by atoms with Crippen LogP contribution in [0.3, 0.4) is 0 Å². The van der Waals surface area contributed by atoms with Crippen molar-refractivity contribution >= 4 is 11.9 Å². The van der Waals surface area contributed by atoms with Crippen LogP contribution in [0, 0.1) is 11.7 Å². The van der Waals surface area contributed by atoms with Crippen LogP contribution in [0.15, 0.2) is 48.5 Å². The topological polar surface area (TPSA) is 64.6 Å². The maximum absolute atomic E-state index is 12.9. The standard InChI is InChI=1S/C21H24FNO4/c1-14(2)11-19(21(25)26-3)23-20(24)16-5-4-6-18(12-16)27-13-15-7-9-17(22)10-8-15/h4-10,12,14,19H,11,13H2,1-3H3,(H,23,24)/t19-/m1/s1. The lowest BCUT2D eigenvalue weighted by atomic mass is 10.0. The van der Waals surface area contributed by atoms with Crippen LogP contribution in [0.2, 0.25) is 0 Å².